The van der Waals surface area contributed by atoms with Crippen LogP contribution < -0.4 is 0 Å². The standard InChI is InChI=1S/C40H78O4Si/c1-5-9-13-17-21-22-23-24-25-29-35-43-39(41)33-34-40(42)44-45(36-30-26-18-14-10-6-2,37-31-27-19-15-11-7-3)38-32-28-20-16-12-8-4/h33-34H,5-32,35-38H2,1-4H3/b34-33+. The van der Waals surface area contributed by atoms with Crippen LogP contribution in [0, 0.1) is 0 Å². The van der Waals surface area contributed by atoms with E-state index in [9.17, 15) is 9.59 Å². The highest BCUT2D eigenvalue weighted by atomic mass is 28.4. The van der Waals surface area contributed by atoms with Crippen LogP contribution in [-0.4, -0.2) is 26.9 Å². The molecule has 4 nitrogen and oxygen atoms in total. The van der Waals surface area contributed by atoms with Gasteiger partial charge in [0, 0.05) is 12.2 Å². The van der Waals surface area contributed by atoms with E-state index in [4.69, 9.17) is 9.16 Å². The average Bonchev–Trinajstić information content (AvgIpc) is 3.04. The highest BCUT2D eigenvalue weighted by Gasteiger charge is 2.36. The molecule has 0 aliphatic heterocycles. The van der Waals surface area contributed by atoms with E-state index in [0.29, 0.717) is 6.61 Å². The second-order valence-electron chi connectivity index (χ2n) is 13.8. The molecule has 0 saturated carbocycles. The summed E-state index contributed by atoms with van der Waals surface area (Å²) < 4.78 is 11.9. The number of ether oxygens (including phenoxy) is 1. The topological polar surface area (TPSA) is 52.6 Å². The molecule has 0 heterocycles. The first-order chi connectivity index (χ1) is 22.0. The van der Waals surface area contributed by atoms with Gasteiger partial charge in [-0.3, -0.25) is 0 Å². The Bertz CT molecular complexity index is 636. The summed E-state index contributed by atoms with van der Waals surface area (Å²) in [5.41, 5.74) is 0. The van der Waals surface area contributed by atoms with Gasteiger partial charge in [0.25, 0.3) is 8.32 Å². The molecule has 0 fully saturated rings. The Kier molecular flexibility index (Phi) is 33.4. The summed E-state index contributed by atoms with van der Waals surface area (Å²) in [6.07, 6.45) is 37.9. The lowest BCUT2D eigenvalue weighted by Crippen LogP contribution is -2.40. The third-order valence-electron chi connectivity index (χ3n) is 9.37. The van der Waals surface area contributed by atoms with Crippen LogP contribution in [0.5, 0.6) is 0 Å². The Morgan fingerprint density at radius 1 is 0.400 bits per heavy atom. The van der Waals surface area contributed by atoms with Gasteiger partial charge in [-0.2, -0.15) is 0 Å². The van der Waals surface area contributed by atoms with Crippen LogP contribution in [0.25, 0.3) is 0 Å². The van der Waals surface area contributed by atoms with Crippen LogP contribution in [0.4, 0.5) is 0 Å². The Morgan fingerprint density at radius 2 is 0.689 bits per heavy atom. The maximum Gasteiger partial charge on any atom is 0.331 e. The smallest absolute Gasteiger partial charge is 0.331 e. The first kappa shape index (κ1) is 43.9. The fourth-order valence-corrected chi connectivity index (χ4v) is 10.6. The molecule has 0 saturated heterocycles. The third kappa shape index (κ3) is 30.0. The van der Waals surface area contributed by atoms with Gasteiger partial charge in [-0.25, -0.2) is 9.59 Å². The highest BCUT2D eigenvalue weighted by molar-refractivity contribution is 6.75. The van der Waals surface area contributed by atoms with Gasteiger partial charge < -0.3 is 9.16 Å². The number of hydrogen-bond donors (Lipinski definition) is 0. The Labute approximate surface area is 282 Å². The summed E-state index contributed by atoms with van der Waals surface area (Å²) in [6.45, 7) is 9.48. The van der Waals surface area contributed by atoms with E-state index in [1.807, 2.05) is 0 Å². The molecule has 0 bridgehead atoms. The van der Waals surface area contributed by atoms with Crippen molar-refractivity contribution < 1.29 is 18.8 Å². The zero-order valence-electron chi connectivity index (χ0n) is 30.9. The molecule has 0 aromatic rings. The number of esters is 1. The Hall–Kier alpha value is -1.10. The van der Waals surface area contributed by atoms with E-state index in [-0.39, 0.29) is 5.97 Å². The van der Waals surface area contributed by atoms with E-state index in [0.717, 1.165) is 31.0 Å². The second-order valence-corrected chi connectivity index (χ2v) is 17.9. The minimum atomic E-state index is -2.25. The average molecular weight is 651 g/mol. The molecule has 45 heavy (non-hydrogen) atoms. The normalized spacial score (nSPS) is 11.8. The van der Waals surface area contributed by atoms with E-state index in [1.54, 1.807) is 0 Å². The number of carbonyl (C=O) groups excluding carboxylic acids is 2. The van der Waals surface area contributed by atoms with Gasteiger partial charge in [-0.05, 0) is 24.6 Å². The highest BCUT2D eigenvalue weighted by Crippen LogP contribution is 2.31. The molecule has 0 aromatic heterocycles. The minimum absolute atomic E-state index is 0.319. The van der Waals surface area contributed by atoms with Crippen molar-refractivity contribution in [1.29, 1.82) is 0 Å². The molecule has 266 valence electrons. The quantitative estimate of drug-likeness (QED) is 0.0296. The van der Waals surface area contributed by atoms with Crippen LogP contribution in [0.1, 0.15) is 207 Å². The first-order valence-electron chi connectivity index (χ1n) is 20.1. The van der Waals surface area contributed by atoms with Crippen molar-refractivity contribution in [1.82, 2.24) is 0 Å². The van der Waals surface area contributed by atoms with Crippen molar-refractivity contribution in [3.05, 3.63) is 12.2 Å². The second kappa shape index (κ2) is 34.2. The van der Waals surface area contributed by atoms with Gasteiger partial charge in [0.2, 0.25) is 0 Å². The van der Waals surface area contributed by atoms with Crippen molar-refractivity contribution >= 4 is 20.3 Å². The molecular weight excluding hydrogens is 573 g/mol. The number of hydrogen-bond acceptors (Lipinski definition) is 4. The molecule has 0 rings (SSSR count). The molecule has 0 N–H and O–H groups in total. The predicted octanol–water partition coefficient (Wildman–Crippen LogP) is 13.6. The van der Waals surface area contributed by atoms with Crippen molar-refractivity contribution in [3.8, 4) is 0 Å². The molecule has 0 aliphatic rings. The van der Waals surface area contributed by atoms with Crippen LogP contribution in [-0.2, 0) is 18.8 Å². The molecule has 0 spiro atoms. The monoisotopic (exact) mass is 651 g/mol. The van der Waals surface area contributed by atoms with Gasteiger partial charge >= 0.3 is 11.9 Å². The molecule has 0 unspecified atom stereocenters. The SMILES string of the molecule is CCCCCCCCCCCCOC(=O)/C=C/C(=O)O[Si](CCCCCCCC)(CCCCCCCC)CCCCCCCC. The largest absolute Gasteiger partial charge is 0.516 e. The lowest BCUT2D eigenvalue weighted by atomic mass is 10.1. The summed E-state index contributed by atoms with van der Waals surface area (Å²) in [7, 11) is -2.25. The lowest BCUT2D eigenvalue weighted by Gasteiger charge is -2.31. The third-order valence-corrected chi connectivity index (χ3v) is 13.8. The summed E-state index contributed by atoms with van der Waals surface area (Å²) >= 11 is 0. The summed E-state index contributed by atoms with van der Waals surface area (Å²) in [5, 5.41) is 0. The molecule has 0 atom stereocenters. The van der Waals surface area contributed by atoms with E-state index >= 15 is 0 Å². The Morgan fingerprint density at radius 3 is 1.04 bits per heavy atom. The van der Waals surface area contributed by atoms with Crippen LogP contribution in [0.15, 0.2) is 12.2 Å². The van der Waals surface area contributed by atoms with E-state index in [2.05, 4.69) is 27.7 Å². The van der Waals surface area contributed by atoms with Crippen molar-refractivity contribution in [3.63, 3.8) is 0 Å². The molecule has 0 aromatic carbocycles. The molecule has 0 aliphatic carbocycles. The fraction of sp³-hybridized carbons (Fsp3) is 0.900. The molecule has 5 heteroatoms. The van der Waals surface area contributed by atoms with Gasteiger partial charge in [0.1, 0.15) is 0 Å². The van der Waals surface area contributed by atoms with Gasteiger partial charge in [-0.15, -0.1) is 0 Å². The summed E-state index contributed by atoms with van der Waals surface area (Å²) in [4.78, 5) is 25.5. The van der Waals surface area contributed by atoms with Gasteiger partial charge in [0.15, 0.2) is 0 Å². The maximum atomic E-state index is 13.2. The Balaban J connectivity index is 4.91. The van der Waals surface area contributed by atoms with Crippen molar-refractivity contribution in [2.24, 2.45) is 0 Å². The van der Waals surface area contributed by atoms with E-state index < -0.39 is 14.3 Å². The zero-order chi connectivity index (χ0) is 33.1. The number of unbranched alkanes of at least 4 members (excludes halogenated alkanes) is 24. The number of rotatable bonds is 35. The molecule has 0 amide bonds. The van der Waals surface area contributed by atoms with Crippen molar-refractivity contribution in [2.75, 3.05) is 6.61 Å². The van der Waals surface area contributed by atoms with Crippen LogP contribution in [0.3, 0.4) is 0 Å². The maximum absolute atomic E-state index is 13.2. The lowest BCUT2D eigenvalue weighted by molar-refractivity contribution is -0.138. The minimum Gasteiger partial charge on any atom is -0.516 e. The summed E-state index contributed by atoms with van der Waals surface area (Å²) in [6, 6.07) is 3.23. The number of carbonyl (C=O) groups is 2. The molecular formula is C40H78O4Si. The fourth-order valence-electron chi connectivity index (χ4n) is 6.40. The predicted molar refractivity (Wildman–Crippen MR) is 198 cm³/mol. The van der Waals surface area contributed by atoms with E-state index in [1.165, 1.54) is 179 Å². The van der Waals surface area contributed by atoms with Crippen LogP contribution in [0.2, 0.25) is 18.1 Å². The molecule has 0 radical (unpaired) electrons. The zero-order valence-corrected chi connectivity index (χ0v) is 31.9. The van der Waals surface area contributed by atoms with Gasteiger partial charge in [-0.1, -0.05) is 201 Å². The van der Waals surface area contributed by atoms with Crippen molar-refractivity contribution in [2.45, 2.75) is 226 Å². The van der Waals surface area contributed by atoms with Crippen LogP contribution >= 0.6 is 0 Å². The first-order valence-corrected chi connectivity index (χ1v) is 22.6. The van der Waals surface area contributed by atoms with Gasteiger partial charge in [0.05, 0.1) is 6.61 Å². The summed E-state index contributed by atoms with van der Waals surface area (Å²) in [5.74, 6) is -0.738.